The molecule has 0 atom stereocenters. The Kier molecular flexibility index (Phi) is 9.91. The third-order valence-corrected chi connectivity index (χ3v) is 3.83. The van der Waals surface area contributed by atoms with Crippen molar-refractivity contribution in [3.05, 3.63) is 34.3 Å². The Morgan fingerprint density at radius 3 is 2.59 bits per heavy atom. The summed E-state index contributed by atoms with van der Waals surface area (Å²) in [5, 5.41) is 3.36. The van der Waals surface area contributed by atoms with Crippen LogP contribution in [-0.4, -0.2) is 44.7 Å². The molecule has 1 aromatic rings. The summed E-state index contributed by atoms with van der Waals surface area (Å²) >= 11 is 3.47. The van der Waals surface area contributed by atoms with Crippen LogP contribution in [0.3, 0.4) is 0 Å². The van der Waals surface area contributed by atoms with Gasteiger partial charge in [-0.05, 0) is 43.9 Å². The molecule has 0 bridgehead atoms. The van der Waals surface area contributed by atoms with Crippen molar-refractivity contribution in [2.75, 3.05) is 33.9 Å². The number of nitrogens with one attached hydrogen (secondary N) is 1. The second-order valence-electron chi connectivity index (χ2n) is 5.27. The molecular weight excluding hydrogens is 342 g/mol. The van der Waals surface area contributed by atoms with E-state index in [0.29, 0.717) is 0 Å². The topological polar surface area (TPSA) is 36.9 Å². The van der Waals surface area contributed by atoms with Crippen molar-refractivity contribution in [1.29, 1.82) is 0 Å². The zero-order valence-corrected chi connectivity index (χ0v) is 15.5. The number of unbranched alkanes of at least 4 members (excludes halogenated alkanes) is 2. The highest BCUT2D eigenvalue weighted by molar-refractivity contribution is 9.10. The molecule has 0 aromatic heterocycles. The molecule has 4 nitrogen and oxygen atoms in total. The van der Waals surface area contributed by atoms with Gasteiger partial charge in [0, 0.05) is 44.9 Å². The Morgan fingerprint density at radius 2 is 1.95 bits per heavy atom. The molecule has 5 heteroatoms. The molecule has 0 spiro atoms. The van der Waals surface area contributed by atoms with Crippen molar-refractivity contribution in [1.82, 2.24) is 10.2 Å². The van der Waals surface area contributed by atoms with Gasteiger partial charge in [0.2, 0.25) is 0 Å². The fourth-order valence-corrected chi connectivity index (χ4v) is 2.39. The van der Waals surface area contributed by atoms with Gasteiger partial charge in [0.25, 0.3) is 0 Å². The third-order valence-electron chi connectivity index (χ3n) is 3.30. The molecule has 0 aliphatic carbocycles. The van der Waals surface area contributed by atoms with Gasteiger partial charge in [-0.3, -0.25) is 4.99 Å². The summed E-state index contributed by atoms with van der Waals surface area (Å²) in [5.41, 5.74) is 1.27. The summed E-state index contributed by atoms with van der Waals surface area (Å²) in [4.78, 5) is 6.87. The third kappa shape index (κ3) is 7.80. The lowest BCUT2D eigenvalue weighted by molar-refractivity contribution is 0.192. The van der Waals surface area contributed by atoms with Crippen molar-refractivity contribution in [3.8, 4) is 0 Å². The van der Waals surface area contributed by atoms with E-state index in [1.807, 2.05) is 0 Å². The predicted octanol–water partition coefficient (Wildman–Crippen LogP) is 3.66. The van der Waals surface area contributed by atoms with Crippen LogP contribution in [0.5, 0.6) is 0 Å². The van der Waals surface area contributed by atoms with Crippen molar-refractivity contribution in [2.45, 2.75) is 32.7 Å². The maximum absolute atomic E-state index is 5.06. The highest BCUT2D eigenvalue weighted by atomic mass is 79.9. The first-order chi connectivity index (χ1) is 10.7. The molecule has 1 rings (SSSR count). The number of nitrogens with zero attached hydrogens (tertiary/aromatic N) is 2. The second-order valence-corrected chi connectivity index (χ2v) is 6.19. The van der Waals surface area contributed by atoms with Crippen LogP contribution in [0.2, 0.25) is 0 Å². The minimum absolute atomic E-state index is 0.841. The molecule has 1 N–H and O–H groups in total. The Morgan fingerprint density at radius 1 is 1.23 bits per heavy atom. The number of methoxy groups -OCH3 is 1. The summed E-state index contributed by atoms with van der Waals surface area (Å²) in [6.45, 7) is 5.53. The van der Waals surface area contributed by atoms with E-state index in [4.69, 9.17) is 9.73 Å². The largest absolute Gasteiger partial charge is 0.385 e. The maximum atomic E-state index is 5.06. The monoisotopic (exact) mass is 369 g/mol. The smallest absolute Gasteiger partial charge is 0.193 e. The zero-order valence-electron chi connectivity index (χ0n) is 13.9. The lowest BCUT2D eigenvalue weighted by atomic mass is 10.2. The number of halogens is 1. The van der Waals surface area contributed by atoms with E-state index in [1.54, 1.807) is 7.11 Å². The van der Waals surface area contributed by atoms with Crippen LogP contribution in [-0.2, 0) is 11.3 Å². The van der Waals surface area contributed by atoms with E-state index in [9.17, 15) is 0 Å². The first-order valence-electron chi connectivity index (χ1n) is 7.90. The summed E-state index contributed by atoms with van der Waals surface area (Å²) in [7, 11) is 3.83. The standard InChI is InChI=1S/C17H28BrN3O/c1-4-19-17(20-12-6-5-7-13-22-3)21(2)14-15-8-10-16(18)11-9-15/h8-11H,4-7,12-14H2,1-3H3,(H,19,20). The summed E-state index contributed by atoms with van der Waals surface area (Å²) in [5.74, 6) is 0.970. The molecule has 1 aromatic carbocycles. The number of benzene rings is 1. The molecule has 0 radical (unpaired) electrons. The molecule has 0 saturated carbocycles. The average Bonchev–Trinajstić information content (AvgIpc) is 2.51. The molecule has 0 saturated heterocycles. The summed E-state index contributed by atoms with van der Waals surface area (Å²) < 4.78 is 6.17. The van der Waals surface area contributed by atoms with Gasteiger partial charge < -0.3 is 15.0 Å². The lowest BCUT2D eigenvalue weighted by Gasteiger charge is -2.22. The molecular formula is C17H28BrN3O. The predicted molar refractivity (Wildman–Crippen MR) is 97.3 cm³/mol. The molecule has 0 heterocycles. The van der Waals surface area contributed by atoms with Gasteiger partial charge in [-0.15, -0.1) is 0 Å². The van der Waals surface area contributed by atoms with Gasteiger partial charge in [-0.2, -0.15) is 0 Å². The molecule has 22 heavy (non-hydrogen) atoms. The van der Waals surface area contributed by atoms with E-state index >= 15 is 0 Å². The SMILES string of the molecule is CCNC(=NCCCCCOC)N(C)Cc1ccc(Br)cc1. The molecule has 0 fully saturated rings. The minimum atomic E-state index is 0.841. The van der Waals surface area contributed by atoms with Crippen molar-refractivity contribution in [2.24, 2.45) is 4.99 Å². The number of guanidine groups is 1. The van der Waals surface area contributed by atoms with E-state index < -0.39 is 0 Å². The number of hydrogen-bond acceptors (Lipinski definition) is 2. The number of hydrogen-bond donors (Lipinski definition) is 1. The van der Waals surface area contributed by atoms with E-state index in [1.165, 1.54) is 5.56 Å². The highest BCUT2D eigenvalue weighted by Gasteiger charge is 2.06. The quantitative estimate of drug-likeness (QED) is 0.410. The van der Waals surface area contributed by atoms with Gasteiger partial charge in [-0.25, -0.2) is 0 Å². The summed E-state index contributed by atoms with van der Waals surface area (Å²) in [6.07, 6.45) is 3.37. The van der Waals surface area contributed by atoms with Crippen molar-refractivity contribution in [3.63, 3.8) is 0 Å². The number of rotatable bonds is 9. The minimum Gasteiger partial charge on any atom is -0.385 e. The van der Waals surface area contributed by atoms with Crippen LogP contribution in [0.15, 0.2) is 33.7 Å². The molecule has 0 aliphatic rings. The fourth-order valence-electron chi connectivity index (χ4n) is 2.13. The number of ether oxygens (including phenoxy) is 1. The normalized spacial score (nSPS) is 11.5. The molecule has 0 aliphatic heterocycles. The van der Waals surface area contributed by atoms with E-state index in [2.05, 4.69) is 64.4 Å². The number of aliphatic imine (C=N–C) groups is 1. The molecule has 0 unspecified atom stereocenters. The van der Waals surface area contributed by atoms with E-state index in [-0.39, 0.29) is 0 Å². The Labute approximate surface area is 143 Å². The van der Waals surface area contributed by atoms with Gasteiger partial charge >= 0.3 is 0 Å². The van der Waals surface area contributed by atoms with Gasteiger partial charge in [0.05, 0.1) is 0 Å². The van der Waals surface area contributed by atoms with Crippen LogP contribution in [0, 0.1) is 0 Å². The Bertz CT molecular complexity index is 434. The van der Waals surface area contributed by atoms with Crippen LogP contribution in [0.25, 0.3) is 0 Å². The second kappa shape index (κ2) is 11.5. The van der Waals surface area contributed by atoms with Crippen LogP contribution in [0.1, 0.15) is 31.7 Å². The molecule has 0 amide bonds. The first kappa shape index (κ1) is 19.0. The van der Waals surface area contributed by atoms with Crippen molar-refractivity contribution >= 4 is 21.9 Å². The van der Waals surface area contributed by atoms with Crippen molar-refractivity contribution < 1.29 is 4.74 Å². The summed E-state index contributed by atoms with van der Waals surface area (Å²) in [6, 6.07) is 8.41. The average molecular weight is 370 g/mol. The van der Waals surface area contributed by atoms with Crippen LogP contribution < -0.4 is 5.32 Å². The van der Waals surface area contributed by atoms with Crippen LogP contribution >= 0.6 is 15.9 Å². The maximum Gasteiger partial charge on any atom is 0.193 e. The Balaban J connectivity index is 2.47. The first-order valence-corrected chi connectivity index (χ1v) is 8.69. The highest BCUT2D eigenvalue weighted by Crippen LogP contribution is 2.11. The van der Waals surface area contributed by atoms with E-state index in [0.717, 1.165) is 55.9 Å². The lowest BCUT2D eigenvalue weighted by Crippen LogP contribution is -2.38. The fraction of sp³-hybridized carbons (Fsp3) is 0.588. The Hall–Kier alpha value is -1.07. The molecule has 124 valence electrons. The van der Waals surface area contributed by atoms with Crippen LogP contribution in [0.4, 0.5) is 0 Å². The van der Waals surface area contributed by atoms with Gasteiger partial charge in [-0.1, -0.05) is 28.1 Å². The zero-order chi connectivity index (χ0) is 16.2. The van der Waals surface area contributed by atoms with Gasteiger partial charge in [0.1, 0.15) is 0 Å². The van der Waals surface area contributed by atoms with Gasteiger partial charge in [0.15, 0.2) is 5.96 Å².